The summed E-state index contributed by atoms with van der Waals surface area (Å²) in [5, 5.41) is 10.9. The SMILES string of the molecule is COc1ccccc1C1=COc2cc(OCc3ccc(C)cc3)ccc2[C@@H]1O. The molecule has 4 nitrogen and oxygen atoms in total. The number of methoxy groups -OCH3 is 1. The number of benzene rings is 3. The molecule has 0 unspecified atom stereocenters. The number of aryl methyl sites for hydroxylation is 1. The molecular weight excluding hydrogens is 352 g/mol. The molecule has 0 fully saturated rings. The first-order valence-electron chi connectivity index (χ1n) is 9.16. The van der Waals surface area contributed by atoms with Gasteiger partial charge in [-0.25, -0.2) is 0 Å². The van der Waals surface area contributed by atoms with Gasteiger partial charge >= 0.3 is 0 Å². The Labute approximate surface area is 164 Å². The molecule has 3 aromatic rings. The maximum absolute atomic E-state index is 10.9. The van der Waals surface area contributed by atoms with Crippen molar-refractivity contribution in [2.45, 2.75) is 19.6 Å². The molecule has 1 N–H and O–H groups in total. The molecule has 0 aromatic heterocycles. The van der Waals surface area contributed by atoms with E-state index in [1.54, 1.807) is 13.4 Å². The first-order valence-corrected chi connectivity index (χ1v) is 9.16. The van der Waals surface area contributed by atoms with E-state index in [4.69, 9.17) is 14.2 Å². The summed E-state index contributed by atoms with van der Waals surface area (Å²) in [5.41, 5.74) is 4.49. The molecule has 0 aliphatic carbocycles. The van der Waals surface area contributed by atoms with Crippen LogP contribution in [-0.4, -0.2) is 12.2 Å². The maximum atomic E-state index is 10.9. The van der Waals surface area contributed by atoms with Crippen molar-refractivity contribution in [2.75, 3.05) is 7.11 Å². The number of ether oxygens (including phenoxy) is 3. The molecule has 0 spiro atoms. The van der Waals surface area contributed by atoms with Gasteiger partial charge < -0.3 is 19.3 Å². The van der Waals surface area contributed by atoms with Crippen LogP contribution in [0.4, 0.5) is 0 Å². The fourth-order valence-electron chi connectivity index (χ4n) is 3.24. The third kappa shape index (κ3) is 3.59. The van der Waals surface area contributed by atoms with Crippen LogP contribution in [0.5, 0.6) is 17.2 Å². The molecule has 0 bridgehead atoms. The normalized spacial score (nSPS) is 15.2. The molecule has 28 heavy (non-hydrogen) atoms. The minimum atomic E-state index is -0.800. The van der Waals surface area contributed by atoms with E-state index in [0.717, 1.165) is 11.1 Å². The highest BCUT2D eigenvalue weighted by atomic mass is 16.5. The second-order valence-corrected chi connectivity index (χ2v) is 6.77. The maximum Gasteiger partial charge on any atom is 0.136 e. The molecule has 0 saturated heterocycles. The molecule has 4 heteroatoms. The number of aliphatic hydroxyl groups is 1. The Morgan fingerprint density at radius 3 is 2.57 bits per heavy atom. The molecule has 1 heterocycles. The molecule has 1 aliphatic rings. The summed E-state index contributed by atoms with van der Waals surface area (Å²) in [4.78, 5) is 0. The monoisotopic (exact) mass is 374 g/mol. The molecule has 4 rings (SSSR count). The van der Waals surface area contributed by atoms with Crippen LogP contribution in [0.3, 0.4) is 0 Å². The predicted octanol–water partition coefficient (Wildman–Crippen LogP) is 5.05. The molecule has 1 atom stereocenters. The van der Waals surface area contributed by atoms with Gasteiger partial charge in [0.25, 0.3) is 0 Å². The van der Waals surface area contributed by atoms with Crippen LogP contribution >= 0.6 is 0 Å². The van der Waals surface area contributed by atoms with Crippen molar-refractivity contribution < 1.29 is 19.3 Å². The van der Waals surface area contributed by atoms with Gasteiger partial charge in [-0.3, -0.25) is 0 Å². The van der Waals surface area contributed by atoms with E-state index >= 15 is 0 Å². The van der Waals surface area contributed by atoms with Gasteiger partial charge in [-0.2, -0.15) is 0 Å². The van der Waals surface area contributed by atoms with Gasteiger partial charge in [0.05, 0.1) is 13.4 Å². The van der Waals surface area contributed by atoms with Crippen LogP contribution in [0, 0.1) is 6.92 Å². The van der Waals surface area contributed by atoms with Gasteiger partial charge in [-0.1, -0.05) is 48.0 Å². The van der Waals surface area contributed by atoms with Crippen molar-refractivity contribution in [2.24, 2.45) is 0 Å². The Hall–Kier alpha value is -3.24. The molecule has 0 saturated carbocycles. The fourth-order valence-corrected chi connectivity index (χ4v) is 3.24. The van der Waals surface area contributed by atoms with E-state index in [0.29, 0.717) is 35.0 Å². The smallest absolute Gasteiger partial charge is 0.136 e. The second kappa shape index (κ2) is 7.79. The van der Waals surface area contributed by atoms with Crippen molar-refractivity contribution in [1.82, 2.24) is 0 Å². The molecule has 142 valence electrons. The lowest BCUT2D eigenvalue weighted by atomic mass is 9.93. The van der Waals surface area contributed by atoms with Gasteiger partial charge in [0, 0.05) is 22.8 Å². The Bertz CT molecular complexity index is 1010. The number of hydrogen-bond acceptors (Lipinski definition) is 4. The van der Waals surface area contributed by atoms with E-state index in [2.05, 4.69) is 31.2 Å². The lowest BCUT2D eigenvalue weighted by Gasteiger charge is -2.24. The van der Waals surface area contributed by atoms with E-state index in [1.165, 1.54) is 5.56 Å². The summed E-state index contributed by atoms with van der Waals surface area (Å²) < 4.78 is 17.1. The standard InChI is InChI=1S/C24H22O4/c1-16-7-9-17(10-8-16)14-27-18-11-12-20-23(13-18)28-15-21(24(20)25)19-5-3-4-6-22(19)26-2/h3-13,15,24-25H,14H2,1-2H3/t24-/m0/s1. The Morgan fingerprint density at radius 2 is 1.79 bits per heavy atom. The third-order valence-corrected chi connectivity index (χ3v) is 4.83. The van der Waals surface area contributed by atoms with Crippen LogP contribution in [0.25, 0.3) is 5.57 Å². The van der Waals surface area contributed by atoms with Gasteiger partial charge in [-0.05, 0) is 30.7 Å². The van der Waals surface area contributed by atoms with Gasteiger partial charge in [0.2, 0.25) is 0 Å². The average Bonchev–Trinajstić information content (AvgIpc) is 2.73. The van der Waals surface area contributed by atoms with E-state index < -0.39 is 6.10 Å². The number of rotatable bonds is 5. The average molecular weight is 374 g/mol. The highest BCUT2D eigenvalue weighted by molar-refractivity contribution is 5.76. The van der Waals surface area contributed by atoms with Crippen molar-refractivity contribution in [3.63, 3.8) is 0 Å². The molecule has 0 radical (unpaired) electrons. The zero-order chi connectivity index (χ0) is 19.5. The molecule has 1 aliphatic heterocycles. The Morgan fingerprint density at radius 1 is 1.00 bits per heavy atom. The van der Waals surface area contributed by atoms with E-state index in [9.17, 15) is 5.11 Å². The molecule has 0 amide bonds. The van der Waals surface area contributed by atoms with E-state index in [1.807, 2.05) is 42.5 Å². The second-order valence-electron chi connectivity index (χ2n) is 6.77. The van der Waals surface area contributed by atoms with Crippen LogP contribution in [0.1, 0.15) is 28.4 Å². The van der Waals surface area contributed by atoms with Gasteiger partial charge in [-0.15, -0.1) is 0 Å². The highest BCUT2D eigenvalue weighted by Gasteiger charge is 2.26. The van der Waals surface area contributed by atoms with Gasteiger partial charge in [0.1, 0.15) is 30.0 Å². The van der Waals surface area contributed by atoms with Crippen molar-refractivity contribution >= 4 is 5.57 Å². The van der Waals surface area contributed by atoms with E-state index in [-0.39, 0.29) is 0 Å². The third-order valence-electron chi connectivity index (χ3n) is 4.83. The van der Waals surface area contributed by atoms with Crippen LogP contribution < -0.4 is 14.2 Å². The summed E-state index contributed by atoms with van der Waals surface area (Å²) in [5.74, 6) is 1.98. The Balaban J connectivity index is 1.53. The zero-order valence-electron chi connectivity index (χ0n) is 15.9. The summed E-state index contributed by atoms with van der Waals surface area (Å²) in [7, 11) is 1.61. The predicted molar refractivity (Wildman–Crippen MR) is 109 cm³/mol. The topological polar surface area (TPSA) is 47.9 Å². The lowest BCUT2D eigenvalue weighted by Crippen LogP contribution is -2.10. The lowest BCUT2D eigenvalue weighted by molar-refractivity contribution is 0.223. The molecular formula is C24H22O4. The van der Waals surface area contributed by atoms with Crippen molar-refractivity contribution in [3.05, 3.63) is 95.2 Å². The Kier molecular flexibility index (Phi) is 5.04. The summed E-state index contributed by atoms with van der Waals surface area (Å²) in [6.07, 6.45) is 0.778. The summed E-state index contributed by atoms with van der Waals surface area (Å²) in [6, 6.07) is 21.3. The van der Waals surface area contributed by atoms with Crippen LogP contribution in [0.2, 0.25) is 0 Å². The number of fused-ring (bicyclic) bond motifs is 1. The summed E-state index contributed by atoms with van der Waals surface area (Å²) in [6.45, 7) is 2.54. The van der Waals surface area contributed by atoms with Crippen molar-refractivity contribution in [3.8, 4) is 17.2 Å². The van der Waals surface area contributed by atoms with Crippen LogP contribution in [0.15, 0.2) is 73.0 Å². The van der Waals surface area contributed by atoms with Gasteiger partial charge in [0.15, 0.2) is 0 Å². The number of aliphatic hydroxyl groups excluding tert-OH is 1. The van der Waals surface area contributed by atoms with Crippen LogP contribution in [-0.2, 0) is 6.61 Å². The fraction of sp³-hybridized carbons (Fsp3) is 0.167. The molecule has 3 aromatic carbocycles. The van der Waals surface area contributed by atoms with Crippen molar-refractivity contribution in [1.29, 1.82) is 0 Å². The number of para-hydroxylation sites is 1. The first-order chi connectivity index (χ1) is 13.7. The highest BCUT2D eigenvalue weighted by Crippen LogP contribution is 2.43. The number of hydrogen-bond donors (Lipinski definition) is 1. The zero-order valence-corrected chi connectivity index (χ0v) is 15.9. The quantitative estimate of drug-likeness (QED) is 0.679. The summed E-state index contributed by atoms with van der Waals surface area (Å²) >= 11 is 0. The largest absolute Gasteiger partial charge is 0.496 e. The first kappa shape index (κ1) is 18.1. The minimum Gasteiger partial charge on any atom is -0.496 e. The minimum absolute atomic E-state index is 0.476.